The molecule has 1 heterocycles. The Labute approximate surface area is 178 Å². The van der Waals surface area contributed by atoms with E-state index in [0.717, 1.165) is 18.4 Å². The Bertz CT molecular complexity index is 776. The number of nitrogens with one attached hydrogen (secondary N) is 2. The van der Waals surface area contributed by atoms with Gasteiger partial charge in [0.1, 0.15) is 6.61 Å². The zero-order chi connectivity index (χ0) is 21.2. The summed E-state index contributed by atoms with van der Waals surface area (Å²) in [5.41, 5.74) is 1.95. The predicted octanol–water partition coefficient (Wildman–Crippen LogP) is 4.18. The quantitative estimate of drug-likeness (QED) is 0.242. The first kappa shape index (κ1) is 22.7. The molecule has 1 aliphatic heterocycles. The number of esters is 1. The number of allylic oxidation sites excluding steroid dienone is 1. The minimum Gasteiger partial charge on any atom is -0.493 e. The normalized spacial score (nSPS) is 16.0. The predicted molar refractivity (Wildman–Crippen MR) is 118 cm³/mol. The van der Waals surface area contributed by atoms with Crippen LogP contribution < -0.4 is 20.1 Å². The molecule has 1 aromatic carbocycles. The fourth-order valence-electron chi connectivity index (χ4n) is 3.12. The molecule has 1 atom stereocenters. The fourth-order valence-corrected chi connectivity index (χ4v) is 3.39. The van der Waals surface area contributed by atoms with Gasteiger partial charge in [0.2, 0.25) is 0 Å². The van der Waals surface area contributed by atoms with Gasteiger partial charge < -0.3 is 24.8 Å². The van der Waals surface area contributed by atoms with Crippen LogP contribution in [0.5, 0.6) is 11.5 Å². The van der Waals surface area contributed by atoms with Crippen molar-refractivity contribution in [1.82, 2.24) is 10.6 Å². The molecule has 29 heavy (non-hydrogen) atoms. The molecule has 158 valence electrons. The summed E-state index contributed by atoms with van der Waals surface area (Å²) in [7, 11) is 1.60. The molecule has 1 aliphatic rings. The van der Waals surface area contributed by atoms with Crippen molar-refractivity contribution in [2.75, 3.05) is 20.3 Å². The number of rotatable bonds is 11. The zero-order valence-electron chi connectivity index (χ0n) is 17.4. The van der Waals surface area contributed by atoms with Crippen molar-refractivity contribution in [3.63, 3.8) is 0 Å². The van der Waals surface area contributed by atoms with E-state index in [0.29, 0.717) is 34.5 Å². The maximum Gasteiger partial charge on any atom is 0.338 e. The smallest absolute Gasteiger partial charge is 0.338 e. The van der Waals surface area contributed by atoms with Crippen LogP contribution in [0.3, 0.4) is 0 Å². The van der Waals surface area contributed by atoms with E-state index >= 15 is 0 Å². The molecule has 0 fully saturated rings. The first-order chi connectivity index (χ1) is 14.0. The van der Waals surface area contributed by atoms with Crippen LogP contribution in [0.4, 0.5) is 0 Å². The van der Waals surface area contributed by atoms with Crippen molar-refractivity contribution in [3.8, 4) is 11.5 Å². The topological polar surface area (TPSA) is 68.8 Å². The lowest BCUT2D eigenvalue weighted by Crippen LogP contribution is -2.45. The molecule has 2 rings (SSSR count). The first-order valence-electron chi connectivity index (χ1n) is 9.88. The van der Waals surface area contributed by atoms with Gasteiger partial charge in [0.25, 0.3) is 0 Å². The number of benzene rings is 1. The minimum atomic E-state index is -0.450. The third kappa shape index (κ3) is 6.22. The van der Waals surface area contributed by atoms with Crippen molar-refractivity contribution in [2.24, 2.45) is 0 Å². The van der Waals surface area contributed by atoms with Gasteiger partial charge in [-0.1, -0.05) is 44.9 Å². The van der Waals surface area contributed by atoms with Gasteiger partial charge in [-0.15, -0.1) is 0 Å². The molecule has 0 bridgehead atoms. The number of methoxy groups -OCH3 is 1. The van der Waals surface area contributed by atoms with Crippen molar-refractivity contribution >= 4 is 23.3 Å². The standard InChI is InChI=1S/C22H30N2O4S/c1-5-7-8-9-13-27-17-11-10-16(14-18(17)26-4)20-19(21(25)28-12-6-2)15(3)23-22(29)24-20/h6,10-11,14,20H,2,5,7-9,12-13H2,1,3-4H3,(H2,23,24,29)/t20-/m0/s1. The molecule has 0 spiro atoms. The summed E-state index contributed by atoms with van der Waals surface area (Å²) in [5.74, 6) is 0.867. The van der Waals surface area contributed by atoms with E-state index in [9.17, 15) is 4.79 Å². The highest BCUT2D eigenvalue weighted by Crippen LogP contribution is 2.34. The van der Waals surface area contributed by atoms with E-state index in [4.69, 9.17) is 26.4 Å². The molecular weight excluding hydrogens is 388 g/mol. The van der Waals surface area contributed by atoms with Crippen molar-refractivity contribution in [2.45, 2.75) is 45.6 Å². The summed E-state index contributed by atoms with van der Waals surface area (Å²) in [6.07, 6.45) is 6.08. The Morgan fingerprint density at radius 1 is 1.28 bits per heavy atom. The molecule has 0 aliphatic carbocycles. The lowest BCUT2D eigenvalue weighted by atomic mass is 9.95. The fraction of sp³-hybridized carbons (Fsp3) is 0.455. The van der Waals surface area contributed by atoms with Crippen LogP contribution in [0.15, 0.2) is 42.1 Å². The molecule has 0 aromatic heterocycles. The Kier molecular flexibility index (Phi) is 8.99. The van der Waals surface area contributed by atoms with Crippen molar-refractivity contribution in [1.29, 1.82) is 0 Å². The first-order valence-corrected chi connectivity index (χ1v) is 10.3. The van der Waals surface area contributed by atoms with Crippen molar-refractivity contribution < 1.29 is 19.0 Å². The van der Waals surface area contributed by atoms with E-state index in [1.54, 1.807) is 14.0 Å². The van der Waals surface area contributed by atoms with Gasteiger partial charge in [-0.3, -0.25) is 0 Å². The Hall–Kier alpha value is -2.54. The second kappa shape index (κ2) is 11.5. The summed E-state index contributed by atoms with van der Waals surface area (Å²) in [6.45, 7) is 8.35. The van der Waals surface area contributed by atoms with Gasteiger partial charge in [-0.25, -0.2) is 4.79 Å². The number of hydrogen-bond acceptors (Lipinski definition) is 5. The number of carbonyl (C=O) groups is 1. The second-order valence-corrected chi connectivity index (χ2v) is 7.18. The highest BCUT2D eigenvalue weighted by Gasteiger charge is 2.31. The molecule has 6 nitrogen and oxygen atoms in total. The Morgan fingerprint density at radius 3 is 2.76 bits per heavy atom. The molecule has 2 N–H and O–H groups in total. The number of carbonyl (C=O) groups excluding carboxylic acids is 1. The van der Waals surface area contributed by atoms with Crippen LogP contribution in [-0.2, 0) is 9.53 Å². The van der Waals surface area contributed by atoms with E-state index in [-0.39, 0.29) is 6.61 Å². The summed E-state index contributed by atoms with van der Waals surface area (Å²) < 4.78 is 16.7. The van der Waals surface area contributed by atoms with Gasteiger partial charge in [-0.05, 0) is 43.3 Å². The number of ether oxygens (including phenoxy) is 3. The zero-order valence-corrected chi connectivity index (χ0v) is 18.2. The second-order valence-electron chi connectivity index (χ2n) is 6.78. The number of hydrogen-bond donors (Lipinski definition) is 2. The van der Waals surface area contributed by atoms with Gasteiger partial charge in [-0.2, -0.15) is 0 Å². The van der Waals surface area contributed by atoms with E-state index in [2.05, 4.69) is 24.1 Å². The number of unbranched alkanes of at least 4 members (excludes halogenated alkanes) is 3. The van der Waals surface area contributed by atoms with Gasteiger partial charge in [0.15, 0.2) is 16.6 Å². The van der Waals surface area contributed by atoms with E-state index in [1.807, 2.05) is 18.2 Å². The monoisotopic (exact) mass is 418 g/mol. The third-order valence-corrected chi connectivity index (χ3v) is 4.82. The largest absolute Gasteiger partial charge is 0.493 e. The van der Waals surface area contributed by atoms with Gasteiger partial charge >= 0.3 is 5.97 Å². The third-order valence-electron chi connectivity index (χ3n) is 4.60. The minimum absolute atomic E-state index is 0.140. The molecule has 0 saturated carbocycles. The maximum atomic E-state index is 12.6. The average molecular weight is 419 g/mol. The van der Waals surface area contributed by atoms with Gasteiger partial charge in [0.05, 0.1) is 25.3 Å². The van der Waals surface area contributed by atoms with Crippen molar-refractivity contribution in [3.05, 3.63) is 47.7 Å². The van der Waals surface area contributed by atoms with E-state index < -0.39 is 12.0 Å². The van der Waals surface area contributed by atoms with E-state index in [1.165, 1.54) is 18.9 Å². The van der Waals surface area contributed by atoms with Crippen LogP contribution in [0, 0.1) is 0 Å². The molecule has 7 heteroatoms. The molecule has 1 aromatic rings. The molecular formula is C22H30N2O4S. The molecule has 0 saturated heterocycles. The van der Waals surface area contributed by atoms with Crippen LogP contribution in [0.1, 0.15) is 51.1 Å². The van der Waals surface area contributed by atoms with Crippen LogP contribution in [0.25, 0.3) is 0 Å². The summed E-state index contributed by atoms with van der Waals surface area (Å²) in [5, 5.41) is 6.58. The Morgan fingerprint density at radius 2 is 2.07 bits per heavy atom. The van der Waals surface area contributed by atoms with Crippen LogP contribution in [-0.4, -0.2) is 31.4 Å². The van der Waals surface area contributed by atoms with Crippen LogP contribution >= 0.6 is 12.2 Å². The highest BCUT2D eigenvalue weighted by molar-refractivity contribution is 7.80. The summed E-state index contributed by atoms with van der Waals surface area (Å²) in [6, 6.07) is 5.18. The molecule has 0 unspecified atom stereocenters. The average Bonchev–Trinajstić information content (AvgIpc) is 2.71. The van der Waals surface area contributed by atoms with Gasteiger partial charge in [0, 0.05) is 5.70 Å². The Balaban J connectivity index is 2.23. The molecule has 0 amide bonds. The maximum absolute atomic E-state index is 12.6. The van der Waals surface area contributed by atoms with Crippen LogP contribution in [0.2, 0.25) is 0 Å². The highest BCUT2D eigenvalue weighted by atomic mass is 32.1. The number of thiocarbonyl (C=S) groups is 1. The lowest BCUT2D eigenvalue weighted by molar-refractivity contribution is -0.138. The lowest BCUT2D eigenvalue weighted by Gasteiger charge is -2.30. The summed E-state index contributed by atoms with van der Waals surface area (Å²) >= 11 is 5.29. The molecule has 0 radical (unpaired) electrons. The SMILES string of the molecule is C=CCOC(=O)C1=C(C)NC(=S)N[C@H]1c1ccc(OCCCCCC)c(OC)c1. The summed E-state index contributed by atoms with van der Waals surface area (Å²) in [4.78, 5) is 12.6.